The van der Waals surface area contributed by atoms with E-state index in [0.717, 1.165) is 0 Å². The van der Waals surface area contributed by atoms with Gasteiger partial charge in [-0.05, 0) is 24.6 Å². The van der Waals surface area contributed by atoms with Crippen LogP contribution in [0.4, 0.5) is 4.39 Å². The lowest BCUT2D eigenvalue weighted by atomic mass is 9.54. The highest BCUT2D eigenvalue weighted by atomic mass is 35.5. The van der Waals surface area contributed by atoms with Crippen LogP contribution >= 0.6 is 12.4 Å². The fourth-order valence-electron chi connectivity index (χ4n) is 2.97. The molecule has 1 aromatic rings. The molecular formula is C17H26ClFN2O3. The fraction of sp³-hybridized carbons (Fsp3) is 0.588. The summed E-state index contributed by atoms with van der Waals surface area (Å²) in [4.78, 5) is 12.4. The minimum atomic E-state index is -1.02. The van der Waals surface area contributed by atoms with Crippen molar-refractivity contribution in [1.82, 2.24) is 5.32 Å². The minimum Gasteiger partial charge on any atom is -0.387 e. The number of hydrogen-bond donors (Lipinski definition) is 3. The zero-order chi connectivity index (χ0) is 17.3. The molecular weight excluding hydrogens is 335 g/mol. The van der Waals surface area contributed by atoms with E-state index in [0.29, 0.717) is 18.6 Å². The number of benzene rings is 1. The molecule has 0 aliphatic heterocycles. The molecule has 1 aliphatic carbocycles. The van der Waals surface area contributed by atoms with Crippen LogP contribution in [0.15, 0.2) is 24.3 Å². The summed E-state index contributed by atoms with van der Waals surface area (Å²) in [6.45, 7) is 6.33. The Labute approximate surface area is 148 Å². The van der Waals surface area contributed by atoms with Crippen molar-refractivity contribution in [2.75, 3.05) is 13.2 Å². The van der Waals surface area contributed by atoms with Crippen LogP contribution in [-0.4, -0.2) is 35.8 Å². The summed E-state index contributed by atoms with van der Waals surface area (Å²) >= 11 is 0. The highest BCUT2D eigenvalue weighted by molar-refractivity contribution is 5.88. The van der Waals surface area contributed by atoms with Gasteiger partial charge in [-0.2, -0.15) is 0 Å². The van der Waals surface area contributed by atoms with Gasteiger partial charge < -0.3 is 20.9 Å². The van der Waals surface area contributed by atoms with Gasteiger partial charge in [0, 0.05) is 25.0 Å². The van der Waals surface area contributed by atoms with E-state index in [-0.39, 0.29) is 36.8 Å². The lowest BCUT2D eigenvalue weighted by Gasteiger charge is -2.57. The SMILES string of the molecule is CCOC1CC(N)(C(=O)NCC(O)c2ccc(F)cc2)C1(C)C.Cl. The van der Waals surface area contributed by atoms with Crippen LogP contribution in [0, 0.1) is 11.2 Å². The predicted molar refractivity (Wildman–Crippen MR) is 92.3 cm³/mol. The molecule has 4 N–H and O–H groups in total. The van der Waals surface area contributed by atoms with Crippen LogP contribution in [-0.2, 0) is 9.53 Å². The molecule has 3 atom stereocenters. The summed E-state index contributed by atoms with van der Waals surface area (Å²) in [6, 6.07) is 5.52. The molecule has 5 nitrogen and oxygen atoms in total. The number of ether oxygens (including phenoxy) is 1. The maximum atomic E-state index is 12.9. The zero-order valence-corrected chi connectivity index (χ0v) is 15.0. The summed E-state index contributed by atoms with van der Waals surface area (Å²) in [7, 11) is 0. The molecule has 1 fully saturated rings. The average molecular weight is 361 g/mol. The van der Waals surface area contributed by atoms with E-state index in [1.54, 1.807) is 0 Å². The Bertz CT molecular complexity index is 567. The molecule has 7 heteroatoms. The third-order valence-electron chi connectivity index (χ3n) is 4.95. The molecule has 136 valence electrons. The summed E-state index contributed by atoms with van der Waals surface area (Å²) < 4.78 is 18.5. The second-order valence-electron chi connectivity index (χ2n) is 6.62. The number of nitrogens with one attached hydrogen (secondary N) is 1. The quantitative estimate of drug-likeness (QED) is 0.723. The lowest BCUT2D eigenvalue weighted by molar-refractivity contribution is -0.170. The molecule has 24 heavy (non-hydrogen) atoms. The topological polar surface area (TPSA) is 84.6 Å². The highest BCUT2D eigenvalue weighted by Crippen LogP contribution is 2.49. The normalized spacial score (nSPS) is 26.0. The molecule has 1 saturated carbocycles. The van der Waals surface area contributed by atoms with E-state index in [1.165, 1.54) is 24.3 Å². The molecule has 0 spiro atoms. The Balaban J connectivity index is 0.00000288. The third-order valence-corrected chi connectivity index (χ3v) is 4.95. The number of aliphatic hydroxyl groups is 1. The van der Waals surface area contributed by atoms with Crippen LogP contribution in [0.5, 0.6) is 0 Å². The molecule has 0 radical (unpaired) electrons. The van der Waals surface area contributed by atoms with Crippen LogP contribution in [0.3, 0.4) is 0 Å². The van der Waals surface area contributed by atoms with Crippen LogP contribution in [0.25, 0.3) is 0 Å². The first-order valence-corrected chi connectivity index (χ1v) is 7.84. The molecule has 1 aliphatic rings. The van der Waals surface area contributed by atoms with Gasteiger partial charge in [-0.3, -0.25) is 4.79 Å². The first kappa shape index (κ1) is 20.8. The van der Waals surface area contributed by atoms with Crippen LogP contribution in [0.2, 0.25) is 0 Å². The summed E-state index contributed by atoms with van der Waals surface area (Å²) in [5, 5.41) is 12.8. The monoisotopic (exact) mass is 360 g/mol. The van der Waals surface area contributed by atoms with E-state index in [1.807, 2.05) is 20.8 Å². The minimum absolute atomic E-state index is 0. The molecule has 0 bridgehead atoms. The molecule has 2 rings (SSSR count). The first-order chi connectivity index (χ1) is 10.7. The van der Waals surface area contributed by atoms with Crippen molar-refractivity contribution in [3.63, 3.8) is 0 Å². The fourth-order valence-corrected chi connectivity index (χ4v) is 2.97. The van der Waals surface area contributed by atoms with E-state index >= 15 is 0 Å². The number of halogens is 2. The average Bonchev–Trinajstić information content (AvgIpc) is 2.52. The Kier molecular flexibility index (Phi) is 6.75. The Morgan fingerprint density at radius 3 is 2.54 bits per heavy atom. The summed E-state index contributed by atoms with van der Waals surface area (Å²) in [6.07, 6.45) is -0.508. The Morgan fingerprint density at radius 2 is 2.04 bits per heavy atom. The Morgan fingerprint density at radius 1 is 1.46 bits per heavy atom. The van der Waals surface area contributed by atoms with Gasteiger partial charge in [0.25, 0.3) is 0 Å². The standard InChI is InChI=1S/C17H25FN2O3.ClH/c1-4-23-14-9-17(19,16(14,2)3)15(22)20-10-13(21)11-5-7-12(18)8-6-11;/h5-8,13-14,21H,4,9-10,19H2,1-3H3,(H,20,22);1H. The number of carbonyl (C=O) groups is 1. The number of carbonyl (C=O) groups excluding carboxylic acids is 1. The lowest BCUT2D eigenvalue weighted by Crippen LogP contribution is -2.75. The molecule has 1 amide bonds. The smallest absolute Gasteiger partial charge is 0.240 e. The predicted octanol–water partition coefficient (Wildman–Crippen LogP) is 1.93. The van der Waals surface area contributed by atoms with Gasteiger partial charge in [0.05, 0.1) is 12.2 Å². The van der Waals surface area contributed by atoms with Gasteiger partial charge in [-0.15, -0.1) is 12.4 Å². The second kappa shape index (κ2) is 7.78. The maximum absolute atomic E-state index is 12.9. The molecule has 0 aromatic heterocycles. The summed E-state index contributed by atoms with van der Waals surface area (Å²) in [5.74, 6) is -0.677. The summed E-state index contributed by atoms with van der Waals surface area (Å²) in [5.41, 5.74) is 5.31. The highest BCUT2D eigenvalue weighted by Gasteiger charge is 2.62. The number of aliphatic hydroxyl groups excluding tert-OH is 1. The number of rotatable bonds is 6. The molecule has 0 heterocycles. The van der Waals surface area contributed by atoms with Gasteiger partial charge in [-0.1, -0.05) is 26.0 Å². The second-order valence-corrected chi connectivity index (χ2v) is 6.62. The van der Waals surface area contributed by atoms with Gasteiger partial charge >= 0.3 is 0 Å². The van der Waals surface area contributed by atoms with Gasteiger partial charge in [-0.25, -0.2) is 4.39 Å². The van der Waals surface area contributed by atoms with Crippen molar-refractivity contribution in [3.05, 3.63) is 35.6 Å². The number of amides is 1. The third kappa shape index (κ3) is 3.72. The maximum Gasteiger partial charge on any atom is 0.240 e. The van der Waals surface area contributed by atoms with Gasteiger partial charge in [0.2, 0.25) is 5.91 Å². The molecule has 3 unspecified atom stereocenters. The first-order valence-electron chi connectivity index (χ1n) is 7.84. The van der Waals surface area contributed by atoms with E-state index in [2.05, 4.69) is 5.32 Å². The van der Waals surface area contributed by atoms with E-state index < -0.39 is 17.1 Å². The molecule has 0 saturated heterocycles. The van der Waals surface area contributed by atoms with Crippen LogP contribution < -0.4 is 11.1 Å². The van der Waals surface area contributed by atoms with Crippen molar-refractivity contribution in [2.45, 2.75) is 44.9 Å². The molecule has 1 aromatic carbocycles. The van der Waals surface area contributed by atoms with Crippen molar-refractivity contribution < 1.29 is 19.0 Å². The Hall–Kier alpha value is -1.21. The van der Waals surface area contributed by atoms with Gasteiger partial charge in [0.15, 0.2) is 0 Å². The van der Waals surface area contributed by atoms with E-state index in [9.17, 15) is 14.3 Å². The van der Waals surface area contributed by atoms with Crippen molar-refractivity contribution in [2.24, 2.45) is 11.1 Å². The zero-order valence-electron chi connectivity index (χ0n) is 14.2. The number of nitrogens with two attached hydrogens (primary N) is 1. The number of hydrogen-bond acceptors (Lipinski definition) is 4. The van der Waals surface area contributed by atoms with Crippen molar-refractivity contribution in [3.8, 4) is 0 Å². The largest absolute Gasteiger partial charge is 0.387 e. The van der Waals surface area contributed by atoms with Crippen LogP contribution in [0.1, 0.15) is 38.9 Å². The van der Waals surface area contributed by atoms with Gasteiger partial charge in [0.1, 0.15) is 11.4 Å². The van der Waals surface area contributed by atoms with Crippen molar-refractivity contribution >= 4 is 18.3 Å². The van der Waals surface area contributed by atoms with E-state index in [4.69, 9.17) is 10.5 Å². The van der Waals surface area contributed by atoms with Crippen molar-refractivity contribution in [1.29, 1.82) is 0 Å².